The Morgan fingerprint density at radius 2 is 2.12 bits per heavy atom. The number of hydrogen-bond donors (Lipinski definition) is 2. The van der Waals surface area contributed by atoms with Gasteiger partial charge >= 0.3 is 0 Å². The zero-order valence-electron chi connectivity index (χ0n) is 15.6. The lowest BCUT2D eigenvalue weighted by Crippen LogP contribution is -2.47. The molecular weight excluding hydrogens is 344 g/mol. The van der Waals surface area contributed by atoms with Crippen LogP contribution in [0.2, 0.25) is 0 Å². The third kappa shape index (κ3) is 4.43. The minimum absolute atomic E-state index is 0.0689. The maximum absolute atomic E-state index is 12.6. The first-order chi connectivity index (χ1) is 12.6. The molecule has 0 fully saturated rings. The van der Waals surface area contributed by atoms with Crippen molar-refractivity contribution in [1.29, 1.82) is 0 Å². The molecule has 3 rings (SSSR count). The Labute approximate surface area is 159 Å². The highest BCUT2D eigenvalue weighted by atomic mass is 32.1. The lowest BCUT2D eigenvalue weighted by molar-refractivity contribution is -0.117. The number of benzene rings is 1. The van der Waals surface area contributed by atoms with Crippen molar-refractivity contribution >= 4 is 28.9 Å². The van der Waals surface area contributed by atoms with E-state index in [9.17, 15) is 4.79 Å². The fraction of sp³-hybridized carbons (Fsp3) is 0.400. The average molecular weight is 371 g/mol. The molecule has 1 unspecified atom stereocenters. The van der Waals surface area contributed by atoms with E-state index >= 15 is 0 Å². The second kappa shape index (κ2) is 8.36. The molecule has 2 N–H and O–H groups in total. The molecule has 0 bridgehead atoms. The molecule has 2 heterocycles. The van der Waals surface area contributed by atoms with Gasteiger partial charge in [-0.2, -0.15) is 0 Å². The van der Waals surface area contributed by atoms with Crippen LogP contribution in [0.4, 0.5) is 5.69 Å². The van der Waals surface area contributed by atoms with E-state index in [0.29, 0.717) is 5.96 Å². The van der Waals surface area contributed by atoms with Gasteiger partial charge in [0.15, 0.2) is 5.96 Å². The van der Waals surface area contributed by atoms with Gasteiger partial charge in [0.1, 0.15) is 0 Å². The monoisotopic (exact) mass is 370 g/mol. The number of fused-ring (bicyclic) bond motifs is 1. The van der Waals surface area contributed by atoms with Gasteiger partial charge in [-0.3, -0.25) is 9.79 Å². The second-order valence-electron chi connectivity index (χ2n) is 6.61. The smallest absolute Gasteiger partial charge is 0.246 e. The molecule has 0 spiro atoms. The number of aliphatic imine (C=N–C) groups is 1. The van der Waals surface area contributed by atoms with E-state index in [-0.39, 0.29) is 18.5 Å². The summed E-state index contributed by atoms with van der Waals surface area (Å²) in [5.41, 5.74) is 2.27. The number of guanidine groups is 1. The third-order valence-corrected chi connectivity index (χ3v) is 5.53. The van der Waals surface area contributed by atoms with Crippen LogP contribution in [0, 0.1) is 6.92 Å². The van der Waals surface area contributed by atoms with Gasteiger partial charge in [0.25, 0.3) is 0 Å². The zero-order valence-corrected chi connectivity index (χ0v) is 16.4. The lowest BCUT2D eigenvalue weighted by atomic mass is 10.2. The zero-order chi connectivity index (χ0) is 18.5. The van der Waals surface area contributed by atoms with E-state index in [0.717, 1.165) is 25.1 Å². The van der Waals surface area contributed by atoms with Crippen molar-refractivity contribution < 1.29 is 4.79 Å². The summed E-state index contributed by atoms with van der Waals surface area (Å²) < 4.78 is 0. The molecule has 6 heteroatoms. The van der Waals surface area contributed by atoms with E-state index in [2.05, 4.69) is 47.7 Å². The van der Waals surface area contributed by atoms with Gasteiger partial charge in [-0.25, -0.2) is 0 Å². The largest absolute Gasteiger partial charge is 0.354 e. The van der Waals surface area contributed by atoms with Gasteiger partial charge in [0.05, 0.1) is 6.54 Å². The minimum atomic E-state index is 0.0689. The fourth-order valence-electron chi connectivity index (χ4n) is 3.23. The van der Waals surface area contributed by atoms with Crippen molar-refractivity contribution in [3.05, 3.63) is 51.7 Å². The lowest BCUT2D eigenvalue weighted by Gasteiger charge is -2.20. The summed E-state index contributed by atoms with van der Waals surface area (Å²) in [7, 11) is 1.73. The van der Waals surface area contributed by atoms with Gasteiger partial charge in [0.2, 0.25) is 5.91 Å². The second-order valence-corrected chi connectivity index (χ2v) is 7.98. The number of thiophene rings is 1. The van der Waals surface area contributed by atoms with Crippen molar-refractivity contribution in [2.24, 2.45) is 4.99 Å². The molecule has 2 aromatic rings. The molecule has 1 aromatic heterocycles. The molecule has 0 saturated carbocycles. The van der Waals surface area contributed by atoms with Crippen LogP contribution in [-0.2, 0) is 17.6 Å². The topological polar surface area (TPSA) is 56.7 Å². The van der Waals surface area contributed by atoms with Gasteiger partial charge < -0.3 is 15.5 Å². The Morgan fingerprint density at radius 3 is 2.85 bits per heavy atom. The van der Waals surface area contributed by atoms with Gasteiger partial charge in [-0.15, -0.1) is 11.3 Å². The van der Waals surface area contributed by atoms with Gasteiger partial charge in [0, 0.05) is 41.5 Å². The summed E-state index contributed by atoms with van der Waals surface area (Å²) in [4.78, 5) is 21.4. The molecule has 1 amide bonds. The normalized spacial score (nSPS) is 14.9. The number of anilines is 1. The van der Waals surface area contributed by atoms with E-state index in [4.69, 9.17) is 0 Å². The molecule has 1 aromatic carbocycles. The highest BCUT2D eigenvalue weighted by Crippen LogP contribution is 2.27. The molecule has 0 radical (unpaired) electrons. The molecule has 0 saturated heterocycles. The number of nitrogens with zero attached hydrogens (tertiary/aromatic N) is 2. The van der Waals surface area contributed by atoms with Crippen molar-refractivity contribution in [1.82, 2.24) is 10.6 Å². The molecule has 26 heavy (non-hydrogen) atoms. The van der Waals surface area contributed by atoms with Crippen LogP contribution in [0.5, 0.6) is 0 Å². The van der Waals surface area contributed by atoms with Crippen LogP contribution in [0.25, 0.3) is 0 Å². The summed E-state index contributed by atoms with van der Waals surface area (Å²) in [5, 5.41) is 6.51. The third-order valence-electron chi connectivity index (χ3n) is 4.51. The summed E-state index contributed by atoms with van der Waals surface area (Å²) >= 11 is 1.82. The fourth-order valence-corrected chi connectivity index (χ4v) is 4.25. The molecule has 138 valence electrons. The molecule has 1 atom stereocenters. The van der Waals surface area contributed by atoms with Crippen LogP contribution in [0.15, 0.2) is 41.4 Å². The molecular formula is C20H26N4OS. The van der Waals surface area contributed by atoms with Crippen molar-refractivity contribution in [3.63, 3.8) is 0 Å². The van der Waals surface area contributed by atoms with E-state index in [1.54, 1.807) is 7.05 Å². The first kappa shape index (κ1) is 18.5. The van der Waals surface area contributed by atoms with Crippen LogP contribution >= 0.6 is 11.3 Å². The first-order valence-corrected chi connectivity index (χ1v) is 9.79. The standard InChI is InChI=1S/C20H26N4OS/c1-14(12-17-9-8-15(2)26-17)23-20(21-3)22-13-19(25)24-11-10-16-6-4-5-7-18(16)24/h4-9,14H,10-13H2,1-3H3,(H2,21,22,23). The average Bonchev–Trinajstić information content (AvgIpc) is 3.24. The van der Waals surface area contributed by atoms with E-state index < -0.39 is 0 Å². The van der Waals surface area contributed by atoms with Gasteiger partial charge in [-0.05, 0) is 44.0 Å². The summed E-state index contributed by atoms with van der Waals surface area (Å²) in [5.74, 6) is 0.728. The van der Waals surface area contributed by atoms with Crippen LogP contribution < -0.4 is 15.5 Å². The molecule has 5 nitrogen and oxygen atoms in total. The Bertz CT molecular complexity index is 799. The summed E-state index contributed by atoms with van der Waals surface area (Å²) in [6.07, 6.45) is 1.86. The number of para-hydroxylation sites is 1. The molecule has 1 aliphatic heterocycles. The van der Waals surface area contributed by atoms with Crippen molar-refractivity contribution in [2.75, 3.05) is 25.0 Å². The Morgan fingerprint density at radius 1 is 1.31 bits per heavy atom. The predicted octanol–water partition coefficient (Wildman–Crippen LogP) is 2.74. The summed E-state index contributed by atoms with van der Waals surface area (Å²) in [6.45, 7) is 5.23. The van der Waals surface area contributed by atoms with E-state index in [1.165, 1.54) is 15.3 Å². The number of carbonyl (C=O) groups excluding carboxylic acids is 1. The maximum atomic E-state index is 12.6. The highest BCUT2D eigenvalue weighted by Gasteiger charge is 2.24. The maximum Gasteiger partial charge on any atom is 0.246 e. The molecule has 0 aliphatic carbocycles. The van der Waals surface area contributed by atoms with Crippen molar-refractivity contribution in [3.8, 4) is 0 Å². The SMILES string of the molecule is CN=C(NCC(=O)N1CCc2ccccc21)NC(C)Cc1ccc(C)s1. The number of hydrogen-bond acceptors (Lipinski definition) is 3. The first-order valence-electron chi connectivity index (χ1n) is 8.97. The predicted molar refractivity (Wildman–Crippen MR) is 109 cm³/mol. The van der Waals surface area contributed by atoms with E-state index in [1.807, 2.05) is 34.4 Å². The van der Waals surface area contributed by atoms with Crippen LogP contribution in [0.1, 0.15) is 22.2 Å². The number of rotatable bonds is 5. The van der Waals surface area contributed by atoms with Crippen molar-refractivity contribution in [2.45, 2.75) is 32.7 Å². The number of carbonyl (C=O) groups is 1. The molecule has 1 aliphatic rings. The summed E-state index contributed by atoms with van der Waals surface area (Å²) in [6, 6.07) is 12.7. The van der Waals surface area contributed by atoms with Gasteiger partial charge in [-0.1, -0.05) is 18.2 Å². The highest BCUT2D eigenvalue weighted by molar-refractivity contribution is 7.11. The minimum Gasteiger partial charge on any atom is -0.354 e. The number of amides is 1. The Kier molecular flexibility index (Phi) is 5.93. The van der Waals surface area contributed by atoms with Crippen LogP contribution in [0.3, 0.4) is 0 Å². The number of aryl methyl sites for hydroxylation is 1. The van der Waals surface area contributed by atoms with Crippen LogP contribution in [-0.4, -0.2) is 38.0 Å². The Hall–Kier alpha value is -2.34. The number of nitrogens with one attached hydrogen (secondary N) is 2. The quantitative estimate of drug-likeness (QED) is 0.629. The Balaban J connectivity index is 1.50.